The third-order valence-corrected chi connectivity index (χ3v) is 6.52. The van der Waals surface area contributed by atoms with Gasteiger partial charge in [0.15, 0.2) is 4.87 Å². The second-order valence-electron chi connectivity index (χ2n) is 5.29. The fourth-order valence-corrected chi connectivity index (χ4v) is 4.85. The average molecular weight is 361 g/mol. The monoisotopic (exact) mass is 360 g/mol. The Morgan fingerprint density at radius 1 is 1.55 bits per heavy atom. The molecule has 2 amide bonds. The van der Waals surface area contributed by atoms with E-state index >= 15 is 0 Å². The topological polar surface area (TPSA) is 86.7 Å². The van der Waals surface area contributed by atoms with Gasteiger partial charge in [-0.15, -0.1) is 23.4 Å². The SMILES string of the molecule is O=C(Cc1ccsc1)NC1C(=O)N2CC(Cl)(C(=O)O)CS[C@H]12. The number of thiophene rings is 1. The number of alkyl halides is 1. The summed E-state index contributed by atoms with van der Waals surface area (Å²) in [6, 6.07) is 1.27. The van der Waals surface area contributed by atoms with E-state index < -0.39 is 16.9 Å². The van der Waals surface area contributed by atoms with Gasteiger partial charge < -0.3 is 15.3 Å². The van der Waals surface area contributed by atoms with Crippen molar-refractivity contribution in [1.82, 2.24) is 10.2 Å². The van der Waals surface area contributed by atoms with Crippen LogP contribution < -0.4 is 5.32 Å². The van der Waals surface area contributed by atoms with Crippen molar-refractivity contribution in [1.29, 1.82) is 0 Å². The van der Waals surface area contributed by atoms with Gasteiger partial charge in [-0.05, 0) is 22.4 Å². The van der Waals surface area contributed by atoms with Crippen LogP contribution in [0.2, 0.25) is 0 Å². The number of fused-ring (bicyclic) bond motifs is 1. The number of aliphatic carboxylic acids is 1. The third-order valence-electron chi connectivity index (χ3n) is 3.69. The summed E-state index contributed by atoms with van der Waals surface area (Å²) < 4.78 is 0. The molecule has 118 valence electrons. The van der Waals surface area contributed by atoms with Gasteiger partial charge in [0.25, 0.3) is 0 Å². The average Bonchev–Trinajstić information content (AvgIpc) is 2.97. The Balaban J connectivity index is 1.59. The Morgan fingerprint density at radius 2 is 2.32 bits per heavy atom. The highest BCUT2D eigenvalue weighted by molar-refractivity contribution is 8.00. The molecule has 6 nitrogen and oxygen atoms in total. The zero-order valence-corrected chi connectivity index (χ0v) is 13.7. The third kappa shape index (κ3) is 2.70. The number of nitrogens with one attached hydrogen (secondary N) is 1. The summed E-state index contributed by atoms with van der Waals surface area (Å²) in [5, 5.41) is 15.4. The van der Waals surface area contributed by atoms with Crippen LogP contribution in [-0.4, -0.2) is 56.4 Å². The summed E-state index contributed by atoms with van der Waals surface area (Å²) in [7, 11) is 0. The number of carboxylic acids is 1. The van der Waals surface area contributed by atoms with Gasteiger partial charge in [0.2, 0.25) is 11.8 Å². The van der Waals surface area contributed by atoms with Gasteiger partial charge >= 0.3 is 5.97 Å². The molecule has 2 unspecified atom stereocenters. The fourth-order valence-electron chi connectivity index (χ4n) is 2.48. The zero-order valence-electron chi connectivity index (χ0n) is 11.3. The number of β-lactam (4-membered cyclic amide) rings is 1. The lowest BCUT2D eigenvalue weighted by Gasteiger charge is -2.52. The van der Waals surface area contributed by atoms with E-state index in [2.05, 4.69) is 5.32 Å². The highest BCUT2D eigenvalue weighted by Gasteiger charge is 2.56. The van der Waals surface area contributed by atoms with Crippen LogP contribution in [0.4, 0.5) is 0 Å². The van der Waals surface area contributed by atoms with Gasteiger partial charge in [0.1, 0.15) is 11.4 Å². The first-order valence-corrected chi connectivity index (χ1v) is 8.92. The first-order valence-electron chi connectivity index (χ1n) is 6.55. The van der Waals surface area contributed by atoms with Gasteiger partial charge in [-0.3, -0.25) is 14.4 Å². The molecular formula is C13H13ClN2O4S2. The van der Waals surface area contributed by atoms with E-state index in [-0.39, 0.29) is 35.9 Å². The minimum absolute atomic E-state index is 0.0305. The molecule has 3 heterocycles. The molecule has 2 aliphatic rings. The lowest BCUT2D eigenvalue weighted by molar-refractivity contribution is -0.152. The van der Waals surface area contributed by atoms with Crippen molar-refractivity contribution < 1.29 is 19.5 Å². The van der Waals surface area contributed by atoms with Crippen LogP contribution in [0, 0.1) is 0 Å². The van der Waals surface area contributed by atoms with Gasteiger partial charge in [-0.25, -0.2) is 0 Å². The number of carboxylic acid groups (broad SMARTS) is 1. The number of carbonyl (C=O) groups excluding carboxylic acids is 2. The Hall–Kier alpha value is -1.25. The highest BCUT2D eigenvalue weighted by Crippen LogP contribution is 2.40. The summed E-state index contributed by atoms with van der Waals surface area (Å²) in [6.45, 7) is -0.0305. The zero-order chi connectivity index (χ0) is 15.9. The van der Waals surface area contributed by atoms with E-state index in [1.54, 1.807) is 0 Å². The quantitative estimate of drug-likeness (QED) is 0.611. The lowest BCUT2D eigenvalue weighted by Crippen LogP contribution is -2.74. The summed E-state index contributed by atoms with van der Waals surface area (Å²) >= 11 is 8.82. The fraction of sp³-hybridized carbons (Fsp3) is 0.462. The lowest BCUT2D eigenvalue weighted by atomic mass is 10.0. The number of carbonyl (C=O) groups is 3. The molecule has 3 rings (SSSR count). The van der Waals surface area contributed by atoms with E-state index in [1.807, 2.05) is 16.8 Å². The van der Waals surface area contributed by atoms with E-state index in [0.717, 1.165) is 5.56 Å². The van der Waals surface area contributed by atoms with Crippen LogP contribution in [-0.2, 0) is 20.8 Å². The molecule has 0 aliphatic carbocycles. The Bertz CT molecular complexity index is 624. The number of halogens is 1. The minimum atomic E-state index is -1.44. The van der Waals surface area contributed by atoms with Crippen molar-refractivity contribution in [2.75, 3.05) is 12.3 Å². The minimum Gasteiger partial charge on any atom is -0.480 e. The predicted molar refractivity (Wildman–Crippen MR) is 84.1 cm³/mol. The number of hydrogen-bond acceptors (Lipinski definition) is 5. The standard InChI is InChI=1S/C13H13ClN2O4S2/c14-13(12(19)20)5-16-10(18)9(11(16)22-6-13)15-8(17)3-7-1-2-21-4-7/h1-2,4,9,11H,3,5-6H2,(H,15,17)(H,19,20)/t9?,11-,13?/m1/s1. The molecule has 0 aromatic carbocycles. The maximum atomic E-state index is 12.1. The summed E-state index contributed by atoms with van der Waals surface area (Å²) in [6.07, 6.45) is 0.235. The van der Waals surface area contributed by atoms with Gasteiger partial charge in [-0.2, -0.15) is 11.3 Å². The molecule has 1 aromatic heterocycles. The molecule has 2 aliphatic heterocycles. The van der Waals surface area contributed by atoms with Gasteiger partial charge in [0.05, 0.1) is 13.0 Å². The molecule has 2 saturated heterocycles. The van der Waals surface area contributed by atoms with Crippen molar-refractivity contribution >= 4 is 52.5 Å². The first-order chi connectivity index (χ1) is 10.4. The maximum absolute atomic E-state index is 12.1. The van der Waals surface area contributed by atoms with Crippen molar-refractivity contribution in [3.05, 3.63) is 22.4 Å². The van der Waals surface area contributed by atoms with E-state index in [1.165, 1.54) is 28.0 Å². The number of hydrogen-bond donors (Lipinski definition) is 2. The molecule has 0 saturated carbocycles. The number of amides is 2. The Kier molecular flexibility index (Phi) is 4.09. The normalized spacial score (nSPS) is 30.4. The smallest absolute Gasteiger partial charge is 0.327 e. The summed E-state index contributed by atoms with van der Waals surface area (Å²) in [5.74, 6) is -1.41. The second-order valence-corrected chi connectivity index (χ2v) is 7.90. The van der Waals surface area contributed by atoms with Crippen molar-refractivity contribution in [2.24, 2.45) is 0 Å². The molecule has 2 fully saturated rings. The van der Waals surface area contributed by atoms with Crippen LogP contribution in [0.1, 0.15) is 5.56 Å². The number of rotatable bonds is 4. The largest absolute Gasteiger partial charge is 0.480 e. The van der Waals surface area contributed by atoms with E-state index in [0.29, 0.717) is 0 Å². The van der Waals surface area contributed by atoms with Gasteiger partial charge in [0, 0.05) is 5.75 Å². The second kappa shape index (κ2) is 5.75. The molecule has 0 spiro atoms. The van der Waals surface area contributed by atoms with Crippen molar-refractivity contribution in [3.8, 4) is 0 Å². The van der Waals surface area contributed by atoms with Crippen LogP contribution in [0.15, 0.2) is 16.8 Å². The van der Waals surface area contributed by atoms with Crippen molar-refractivity contribution in [2.45, 2.75) is 22.7 Å². The summed E-state index contributed by atoms with van der Waals surface area (Å²) in [5.41, 5.74) is 0.910. The molecule has 22 heavy (non-hydrogen) atoms. The van der Waals surface area contributed by atoms with Crippen LogP contribution in [0.5, 0.6) is 0 Å². The summed E-state index contributed by atoms with van der Waals surface area (Å²) in [4.78, 5) is 35.2. The molecule has 9 heteroatoms. The molecule has 0 bridgehead atoms. The molecule has 0 radical (unpaired) electrons. The molecule has 3 atom stereocenters. The number of thioether (sulfide) groups is 1. The molecule has 1 aromatic rings. The van der Waals surface area contributed by atoms with Gasteiger partial charge in [-0.1, -0.05) is 0 Å². The maximum Gasteiger partial charge on any atom is 0.327 e. The van der Waals surface area contributed by atoms with E-state index in [9.17, 15) is 14.4 Å². The highest BCUT2D eigenvalue weighted by atomic mass is 35.5. The van der Waals surface area contributed by atoms with Crippen LogP contribution in [0.3, 0.4) is 0 Å². The van der Waals surface area contributed by atoms with Crippen LogP contribution >= 0.6 is 34.7 Å². The van der Waals surface area contributed by atoms with Crippen LogP contribution in [0.25, 0.3) is 0 Å². The Labute approximate surface area is 139 Å². The van der Waals surface area contributed by atoms with E-state index in [4.69, 9.17) is 16.7 Å². The predicted octanol–water partition coefficient (Wildman–Crippen LogP) is 0.753. The first kappa shape index (κ1) is 15.6. The Morgan fingerprint density at radius 3 is 2.95 bits per heavy atom. The molecular weight excluding hydrogens is 348 g/mol. The van der Waals surface area contributed by atoms with Crippen molar-refractivity contribution in [3.63, 3.8) is 0 Å². The molecule has 2 N–H and O–H groups in total. The number of nitrogens with zero attached hydrogens (tertiary/aromatic N) is 1.